The van der Waals surface area contributed by atoms with Crippen molar-refractivity contribution in [3.05, 3.63) is 30.1 Å². The third kappa shape index (κ3) is 4.05. The molecule has 2 unspecified atom stereocenters. The van der Waals surface area contributed by atoms with Crippen LogP contribution in [0.5, 0.6) is 0 Å². The van der Waals surface area contributed by atoms with Gasteiger partial charge in [0.05, 0.1) is 0 Å². The topological polar surface area (TPSA) is 24.9 Å². The van der Waals surface area contributed by atoms with Crippen LogP contribution in [0.3, 0.4) is 0 Å². The number of pyridine rings is 1. The monoisotopic (exact) mass is 274 g/mol. The van der Waals surface area contributed by atoms with E-state index in [4.69, 9.17) is 0 Å². The maximum Gasteiger partial charge on any atom is 0.0447 e. The van der Waals surface area contributed by atoms with Gasteiger partial charge in [-0.1, -0.05) is 39.7 Å². The lowest BCUT2D eigenvalue weighted by molar-refractivity contribution is 0.211. The molecule has 0 aromatic carbocycles. The molecule has 0 radical (unpaired) electrons. The first kappa shape index (κ1) is 15.5. The number of nitrogens with zero attached hydrogens (tertiary/aromatic N) is 1. The number of hydrogen-bond acceptors (Lipinski definition) is 2. The normalized spacial score (nSPS) is 26.1. The van der Waals surface area contributed by atoms with Crippen LogP contribution < -0.4 is 5.32 Å². The van der Waals surface area contributed by atoms with E-state index >= 15 is 0 Å². The summed E-state index contributed by atoms with van der Waals surface area (Å²) in [5.74, 6) is 2.24. The molecule has 0 bridgehead atoms. The molecule has 0 amide bonds. The first-order chi connectivity index (χ1) is 9.72. The van der Waals surface area contributed by atoms with E-state index in [9.17, 15) is 0 Å². The lowest BCUT2D eigenvalue weighted by atomic mass is 9.75. The summed E-state index contributed by atoms with van der Waals surface area (Å²) in [5, 5.41) is 3.81. The van der Waals surface area contributed by atoms with Crippen molar-refractivity contribution in [3.63, 3.8) is 0 Å². The van der Waals surface area contributed by atoms with Crippen molar-refractivity contribution in [1.29, 1.82) is 0 Å². The highest BCUT2D eigenvalue weighted by molar-refractivity contribution is 5.12. The molecule has 1 N–H and O–H groups in total. The molecule has 1 saturated carbocycles. The van der Waals surface area contributed by atoms with Gasteiger partial charge in [-0.05, 0) is 49.8 Å². The fourth-order valence-electron chi connectivity index (χ4n) is 3.54. The van der Waals surface area contributed by atoms with Gasteiger partial charge in [0.15, 0.2) is 0 Å². The van der Waals surface area contributed by atoms with Crippen molar-refractivity contribution in [2.75, 3.05) is 6.54 Å². The number of aromatic nitrogens is 1. The van der Waals surface area contributed by atoms with Gasteiger partial charge >= 0.3 is 0 Å². The molecule has 1 aliphatic rings. The first-order valence-corrected chi connectivity index (χ1v) is 8.36. The van der Waals surface area contributed by atoms with Crippen LogP contribution in [0.2, 0.25) is 0 Å². The second kappa shape index (κ2) is 7.78. The molecule has 1 aromatic rings. The molecule has 2 nitrogen and oxygen atoms in total. The van der Waals surface area contributed by atoms with Crippen LogP contribution in [0, 0.1) is 11.8 Å². The molecule has 2 atom stereocenters. The Bertz CT molecular complexity index is 368. The molecule has 2 heteroatoms. The van der Waals surface area contributed by atoms with E-state index in [1.54, 1.807) is 0 Å². The molecule has 20 heavy (non-hydrogen) atoms. The van der Waals surface area contributed by atoms with Gasteiger partial charge in [0, 0.05) is 23.9 Å². The quantitative estimate of drug-likeness (QED) is 0.832. The lowest BCUT2D eigenvalue weighted by Crippen LogP contribution is -2.42. The second-order valence-electron chi connectivity index (χ2n) is 6.54. The van der Waals surface area contributed by atoms with Crippen LogP contribution in [0.25, 0.3) is 0 Å². The summed E-state index contributed by atoms with van der Waals surface area (Å²) < 4.78 is 0. The van der Waals surface area contributed by atoms with Gasteiger partial charge < -0.3 is 5.32 Å². The molecular formula is C18H30N2. The summed E-state index contributed by atoms with van der Waals surface area (Å²) in [6.45, 7) is 8.10. The fourth-order valence-corrected chi connectivity index (χ4v) is 3.54. The zero-order chi connectivity index (χ0) is 14.4. The van der Waals surface area contributed by atoms with Gasteiger partial charge in [-0.15, -0.1) is 0 Å². The fraction of sp³-hybridized carbons (Fsp3) is 0.722. The zero-order valence-corrected chi connectivity index (χ0v) is 13.3. The van der Waals surface area contributed by atoms with E-state index in [1.807, 2.05) is 12.3 Å². The molecule has 112 valence electrons. The van der Waals surface area contributed by atoms with Crippen LogP contribution in [-0.4, -0.2) is 17.6 Å². The Morgan fingerprint density at radius 3 is 2.60 bits per heavy atom. The van der Waals surface area contributed by atoms with Crippen LogP contribution in [-0.2, 0) is 0 Å². The van der Waals surface area contributed by atoms with Crippen molar-refractivity contribution < 1.29 is 0 Å². The van der Waals surface area contributed by atoms with Gasteiger partial charge in [-0.25, -0.2) is 0 Å². The number of rotatable bonds is 6. The van der Waals surface area contributed by atoms with Crippen LogP contribution in [0.4, 0.5) is 0 Å². The minimum Gasteiger partial charge on any atom is -0.313 e. The van der Waals surface area contributed by atoms with Crippen molar-refractivity contribution in [2.24, 2.45) is 11.8 Å². The maximum atomic E-state index is 4.58. The maximum absolute atomic E-state index is 4.58. The van der Waals surface area contributed by atoms with Gasteiger partial charge in [0.1, 0.15) is 0 Å². The van der Waals surface area contributed by atoms with Crippen LogP contribution in [0.1, 0.15) is 64.5 Å². The third-order valence-electron chi connectivity index (χ3n) is 4.89. The van der Waals surface area contributed by atoms with Gasteiger partial charge in [-0.2, -0.15) is 0 Å². The van der Waals surface area contributed by atoms with Gasteiger partial charge in [0.25, 0.3) is 0 Å². The zero-order valence-electron chi connectivity index (χ0n) is 13.3. The molecule has 1 fully saturated rings. The summed E-state index contributed by atoms with van der Waals surface area (Å²) >= 11 is 0. The highest BCUT2D eigenvalue weighted by Crippen LogP contribution is 2.35. The summed E-state index contributed by atoms with van der Waals surface area (Å²) in [5.41, 5.74) is 1.24. The third-order valence-corrected chi connectivity index (χ3v) is 4.89. The minimum absolute atomic E-state index is 0.501. The lowest BCUT2D eigenvalue weighted by Gasteiger charge is -2.36. The highest BCUT2D eigenvalue weighted by atomic mass is 14.9. The SMILES string of the molecule is CCCNC(C1CCC(C)CC1)C(C)c1ccccn1. The Kier molecular flexibility index (Phi) is 6.03. The Morgan fingerprint density at radius 2 is 2.00 bits per heavy atom. The van der Waals surface area contributed by atoms with Crippen molar-refractivity contribution in [2.45, 2.75) is 64.8 Å². The standard InChI is InChI=1S/C18H30N2/c1-4-12-20-18(16-10-8-14(2)9-11-16)15(3)17-7-5-6-13-19-17/h5-7,13-16,18,20H,4,8-12H2,1-3H3. The molecule has 0 saturated heterocycles. The molecule has 0 aliphatic heterocycles. The average molecular weight is 274 g/mol. The Labute approximate surface area is 124 Å². The largest absolute Gasteiger partial charge is 0.313 e. The Morgan fingerprint density at radius 1 is 1.25 bits per heavy atom. The smallest absolute Gasteiger partial charge is 0.0447 e. The summed E-state index contributed by atoms with van der Waals surface area (Å²) in [7, 11) is 0. The molecule has 0 spiro atoms. The van der Waals surface area contributed by atoms with Gasteiger partial charge in [0.2, 0.25) is 0 Å². The van der Waals surface area contributed by atoms with Crippen molar-refractivity contribution in [1.82, 2.24) is 10.3 Å². The van der Waals surface area contributed by atoms with Crippen LogP contribution >= 0.6 is 0 Å². The second-order valence-corrected chi connectivity index (χ2v) is 6.54. The van der Waals surface area contributed by atoms with E-state index in [-0.39, 0.29) is 0 Å². The van der Waals surface area contributed by atoms with E-state index in [0.717, 1.165) is 18.4 Å². The molecule has 1 heterocycles. The number of nitrogens with one attached hydrogen (secondary N) is 1. The predicted molar refractivity (Wildman–Crippen MR) is 85.9 cm³/mol. The van der Waals surface area contributed by atoms with E-state index < -0.39 is 0 Å². The molecule has 1 aliphatic carbocycles. The summed E-state index contributed by atoms with van der Waals surface area (Å²) in [6.07, 6.45) is 8.66. The van der Waals surface area contributed by atoms with E-state index in [1.165, 1.54) is 37.8 Å². The molecule has 2 rings (SSSR count). The Hall–Kier alpha value is -0.890. The highest BCUT2D eigenvalue weighted by Gasteiger charge is 2.30. The van der Waals surface area contributed by atoms with Crippen molar-refractivity contribution >= 4 is 0 Å². The van der Waals surface area contributed by atoms with Crippen molar-refractivity contribution in [3.8, 4) is 0 Å². The van der Waals surface area contributed by atoms with E-state index in [0.29, 0.717) is 12.0 Å². The summed E-state index contributed by atoms with van der Waals surface area (Å²) in [4.78, 5) is 4.58. The van der Waals surface area contributed by atoms with Gasteiger partial charge in [-0.3, -0.25) is 4.98 Å². The first-order valence-electron chi connectivity index (χ1n) is 8.36. The molecule has 1 aromatic heterocycles. The Balaban J connectivity index is 2.06. The van der Waals surface area contributed by atoms with Crippen LogP contribution in [0.15, 0.2) is 24.4 Å². The average Bonchev–Trinajstić information content (AvgIpc) is 2.50. The minimum atomic E-state index is 0.501. The number of hydrogen-bond donors (Lipinski definition) is 1. The summed E-state index contributed by atoms with van der Waals surface area (Å²) in [6, 6.07) is 6.87. The van der Waals surface area contributed by atoms with E-state index in [2.05, 4.69) is 43.2 Å². The molecular weight excluding hydrogens is 244 g/mol. The predicted octanol–water partition coefficient (Wildman–Crippen LogP) is 4.38.